The van der Waals surface area contributed by atoms with Crippen LogP contribution in [0.5, 0.6) is 0 Å². The molecule has 15 heavy (non-hydrogen) atoms. The van der Waals surface area contributed by atoms with E-state index in [0.29, 0.717) is 0 Å². The minimum Gasteiger partial charge on any atom is -0.149 e. The second-order valence-corrected chi connectivity index (χ2v) is 6.39. The fourth-order valence-electron chi connectivity index (χ4n) is 2.18. The van der Waals surface area contributed by atoms with Crippen LogP contribution in [0.15, 0.2) is 35.0 Å². The monoisotopic (exact) mass is 234 g/mol. The molecule has 0 N–H and O–H groups in total. The van der Waals surface area contributed by atoms with E-state index in [0.717, 1.165) is 11.8 Å². The van der Waals surface area contributed by atoms with Crippen molar-refractivity contribution in [2.75, 3.05) is 0 Å². The SMILES string of the molecule is c1csc(CC2CC2Cc2cccs2)c1. The van der Waals surface area contributed by atoms with E-state index in [2.05, 4.69) is 35.0 Å². The molecule has 1 saturated carbocycles. The van der Waals surface area contributed by atoms with Gasteiger partial charge in [0.1, 0.15) is 0 Å². The molecule has 2 aromatic rings. The molecular formula is C13H14S2. The molecule has 2 heteroatoms. The smallest absolute Gasteiger partial charge is 0.00480 e. The third-order valence-corrected chi connectivity index (χ3v) is 4.95. The maximum Gasteiger partial charge on any atom is 0.00480 e. The Balaban J connectivity index is 1.52. The normalized spacial score (nSPS) is 24.3. The minimum atomic E-state index is 0.964. The van der Waals surface area contributed by atoms with Gasteiger partial charge in [0.15, 0.2) is 0 Å². The summed E-state index contributed by atoms with van der Waals surface area (Å²) >= 11 is 3.81. The van der Waals surface area contributed by atoms with Gasteiger partial charge >= 0.3 is 0 Å². The Hall–Kier alpha value is -0.600. The van der Waals surface area contributed by atoms with Gasteiger partial charge in [-0.15, -0.1) is 22.7 Å². The summed E-state index contributed by atoms with van der Waals surface area (Å²) in [5, 5.41) is 4.37. The van der Waals surface area contributed by atoms with Crippen LogP contribution in [0, 0.1) is 11.8 Å². The summed E-state index contributed by atoms with van der Waals surface area (Å²) in [6.45, 7) is 0. The van der Waals surface area contributed by atoms with Gasteiger partial charge in [-0.05, 0) is 54.0 Å². The van der Waals surface area contributed by atoms with Crippen LogP contribution < -0.4 is 0 Å². The van der Waals surface area contributed by atoms with Gasteiger partial charge in [0.2, 0.25) is 0 Å². The minimum absolute atomic E-state index is 0.964. The summed E-state index contributed by atoms with van der Waals surface area (Å²) in [4.78, 5) is 3.13. The molecule has 2 aromatic heterocycles. The van der Waals surface area contributed by atoms with Crippen LogP contribution in [0.3, 0.4) is 0 Å². The Morgan fingerprint density at radius 1 is 0.933 bits per heavy atom. The predicted octanol–water partition coefficient (Wildman–Crippen LogP) is 4.23. The lowest BCUT2D eigenvalue weighted by Crippen LogP contribution is -1.89. The zero-order valence-electron chi connectivity index (χ0n) is 8.56. The maximum absolute atomic E-state index is 2.27. The molecule has 2 unspecified atom stereocenters. The zero-order chi connectivity index (χ0) is 10.1. The summed E-state index contributed by atoms with van der Waals surface area (Å²) in [7, 11) is 0. The van der Waals surface area contributed by atoms with Gasteiger partial charge in [0.05, 0.1) is 0 Å². The van der Waals surface area contributed by atoms with Crippen LogP contribution in [-0.4, -0.2) is 0 Å². The van der Waals surface area contributed by atoms with E-state index in [1.807, 2.05) is 22.7 Å². The standard InChI is InChI=1S/C13H14S2/c1-3-12(14-5-1)8-10-7-11(10)9-13-4-2-6-15-13/h1-6,10-11H,7-9H2. The highest BCUT2D eigenvalue weighted by atomic mass is 32.1. The molecular weight excluding hydrogens is 220 g/mol. The van der Waals surface area contributed by atoms with E-state index < -0.39 is 0 Å². The summed E-state index contributed by atoms with van der Waals surface area (Å²) < 4.78 is 0. The molecule has 3 rings (SSSR count). The molecule has 1 aliphatic rings. The number of rotatable bonds is 4. The first-order valence-corrected chi connectivity index (χ1v) is 7.22. The van der Waals surface area contributed by atoms with Crippen LogP contribution in [-0.2, 0) is 12.8 Å². The van der Waals surface area contributed by atoms with Crippen LogP contribution >= 0.6 is 22.7 Å². The lowest BCUT2D eigenvalue weighted by molar-refractivity contribution is 0.704. The average molecular weight is 234 g/mol. The lowest BCUT2D eigenvalue weighted by atomic mass is 10.1. The molecule has 0 spiro atoms. The maximum atomic E-state index is 2.27. The largest absolute Gasteiger partial charge is 0.149 e. The van der Waals surface area contributed by atoms with Crippen molar-refractivity contribution in [1.29, 1.82) is 0 Å². The van der Waals surface area contributed by atoms with Crippen LogP contribution in [0.1, 0.15) is 16.2 Å². The van der Waals surface area contributed by atoms with E-state index in [-0.39, 0.29) is 0 Å². The molecule has 1 aliphatic carbocycles. The summed E-state index contributed by atoms with van der Waals surface area (Å²) in [6.07, 6.45) is 4.07. The zero-order valence-corrected chi connectivity index (χ0v) is 10.2. The molecule has 1 fully saturated rings. The topological polar surface area (TPSA) is 0 Å². The van der Waals surface area contributed by atoms with Gasteiger partial charge in [-0.2, -0.15) is 0 Å². The van der Waals surface area contributed by atoms with Crippen molar-refractivity contribution in [3.05, 3.63) is 44.8 Å². The van der Waals surface area contributed by atoms with Gasteiger partial charge in [-0.25, -0.2) is 0 Å². The number of thiophene rings is 2. The van der Waals surface area contributed by atoms with Crippen molar-refractivity contribution in [3.8, 4) is 0 Å². The highest BCUT2D eigenvalue weighted by molar-refractivity contribution is 7.10. The summed E-state index contributed by atoms with van der Waals surface area (Å²) in [5.41, 5.74) is 0. The van der Waals surface area contributed by atoms with E-state index in [9.17, 15) is 0 Å². The van der Waals surface area contributed by atoms with Crippen molar-refractivity contribution in [2.24, 2.45) is 11.8 Å². The third kappa shape index (κ3) is 2.32. The quantitative estimate of drug-likeness (QED) is 0.742. The van der Waals surface area contributed by atoms with Crippen molar-refractivity contribution in [3.63, 3.8) is 0 Å². The van der Waals surface area contributed by atoms with E-state index in [4.69, 9.17) is 0 Å². The van der Waals surface area contributed by atoms with Crippen molar-refractivity contribution in [1.82, 2.24) is 0 Å². The Morgan fingerprint density at radius 3 is 1.87 bits per heavy atom. The van der Waals surface area contributed by atoms with E-state index in [1.54, 1.807) is 9.75 Å². The molecule has 2 heterocycles. The molecule has 2 atom stereocenters. The fourth-order valence-corrected chi connectivity index (χ4v) is 3.78. The highest BCUT2D eigenvalue weighted by Gasteiger charge is 2.36. The van der Waals surface area contributed by atoms with Gasteiger partial charge in [-0.3, -0.25) is 0 Å². The van der Waals surface area contributed by atoms with Crippen LogP contribution in [0.4, 0.5) is 0 Å². The first-order chi connectivity index (χ1) is 7.42. The molecule has 0 aliphatic heterocycles. The average Bonchev–Trinajstić information content (AvgIpc) is 2.72. The Bertz CT molecular complexity index is 359. The molecule has 0 aromatic carbocycles. The summed E-state index contributed by atoms with van der Waals surface area (Å²) in [5.74, 6) is 1.93. The first kappa shape index (κ1) is 9.61. The Morgan fingerprint density at radius 2 is 1.47 bits per heavy atom. The van der Waals surface area contributed by atoms with Gasteiger partial charge in [-0.1, -0.05) is 12.1 Å². The van der Waals surface area contributed by atoms with Gasteiger partial charge < -0.3 is 0 Å². The highest BCUT2D eigenvalue weighted by Crippen LogP contribution is 2.44. The van der Waals surface area contributed by atoms with Crippen molar-refractivity contribution in [2.45, 2.75) is 19.3 Å². The number of hydrogen-bond acceptors (Lipinski definition) is 2. The lowest BCUT2D eigenvalue weighted by Gasteiger charge is -1.96. The van der Waals surface area contributed by atoms with Crippen molar-refractivity contribution < 1.29 is 0 Å². The summed E-state index contributed by atoms with van der Waals surface area (Å²) in [6, 6.07) is 8.86. The second kappa shape index (κ2) is 4.11. The van der Waals surface area contributed by atoms with Crippen molar-refractivity contribution >= 4 is 22.7 Å². The second-order valence-electron chi connectivity index (χ2n) is 4.32. The fraction of sp³-hybridized carbons (Fsp3) is 0.385. The number of hydrogen-bond donors (Lipinski definition) is 0. The molecule has 0 amide bonds. The van der Waals surface area contributed by atoms with E-state index >= 15 is 0 Å². The molecule has 78 valence electrons. The van der Waals surface area contributed by atoms with E-state index in [1.165, 1.54) is 19.3 Å². The molecule has 0 nitrogen and oxygen atoms in total. The molecule has 0 bridgehead atoms. The first-order valence-electron chi connectivity index (χ1n) is 5.46. The molecule has 0 saturated heterocycles. The Kier molecular flexibility index (Phi) is 2.63. The predicted molar refractivity (Wildman–Crippen MR) is 67.6 cm³/mol. The van der Waals surface area contributed by atoms with Gasteiger partial charge in [0, 0.05) is 9.75 Å². The van der Waals surface area contributed by atoms with Gasteiger partial charge in [0.25, 0.3) is 0 Å². The van der Waals surface area contributed by atoms with Crippen LogP contribution in [0.2, 0.25) is 0 Å². The molecule has 0 radical (unpaired) electrons. The third-order valence-electron chi connectivity index (χ3n) is 3.16. The van der Waals surface area contributed by atoms with Crippen LogP contribution in [0.25, 0.3) is 0 Å². The Labute approximate surface area is 98.6 Å².